The summed E-state index contributed by atoms with van der Waals surface area (Å²) in [6.45, 7) is 3.03. The first-order chi connectivity index (χ1) is 9.86. The smallest absolute Gasteiger partial charge is 0.278 e. The van der Waals surface area contributed by atoms with Crippen LogP contribution in [-0.2, 0) is 14.4 Å². The number of anilines is 1. The summed E-state index contributed by atoms with van der Waals surface area (Å²) in [7, 11) is 1.46. The summed E-state index contributed by atoms with van der Waals surface area (Å²) in [6, 6.07) is 5.27. The van der Waals surface area contributed by atoms with Crippen LogP contribution in [0, 0.1) is 6.92 Å². The topological polar surface area (TPSA) is 96.5 Å². The predicted octanol–water partition coefficient (Wildman–Crippen LogP) is -0.0532. The van der Waals surface area contributed by atoms with Gasteiger partial charge in [0.1, 0.15) is 5.75 Å². The number of benzene rings is 1. The molecule has 0 saturated heterocycles. The third-order valence-electron chi connectivity index (χ3n) is 3.25. The summed E-state index contributed by atoms with van der Waals surface area (Å²) in [4.78, 5) is 35.5. The first-order valence-corrected chi connectivity index (χ1v) is 6.47. The Morgan fingerprint density at radius 2 is 2.10 bits per heavy atom. The van der Waals surface area contributed by atoms with E-state index in [2.05, 4.69) is 16.0 Å². The Labute approximate surface area is 122 Å². The Balaban J connectivity index is 2.19. The highest BCUT2D eigenvalue weighted by Crippen LogP contribution is 2.34. The highest BCUT2D eigenvalue weighted by molar-refractivity contribution is 6.15. The summed E-state index contributed by atoms with van der Waals surface area (Å²) in [5.74, 6) is -1.19. The van der Waals surface area contributed by atoms with E-state index < -0.39 is 17.4 Å². The average Bonchev–Trinajstić information content (AvgIpc) is 2.45. The van der Waals surface area contributed by atoms with E-state index in [9.17, 15) is 14.4 Å². The van der Waals surface area contributed by atoms with Gasteiger partial charge in [-0.3, -0.25) is 14.4 Å². The molecule has 3 N–H and O–H groups in total. The Hall–Kier alpha value is -2.57. The monoisotopic (exact) mass is 291 g/mol. The van der Waals surface area contributed by atoms with Crippen LogP contribution in [0.4, 0.5) is 5.69 Å². The van der Waals surface area contributed by atoms with Crippen LogP contribution in [0.5, 0.6) is 5.75 Å². The van der Waals surface area contributed by atoms with Crippen molar-refractivity contribution in [2.45, 2.75) is 19.4 Å². The van der Waals surface area contributed by atoms with Gasteiger partial charge in [-0.25, -0.2) is 0 Å². The number of amides is 3. The second kappa shape index (κ2) is 5.43. The maximum atomic E-state index is 12.2. The van der Waals surface area contributed by atoms with Crippen molar-refractivity contribution in [2.75, 3.05) is 18.9 Å². The number of ether oxygens (including phenoxy) is 1. The van der Waals surface area contributed by atoms with Gasteiger partial charge in [0.2, 0.25) is 5.91 Å². The van der Waals surface area contributed by atoms with E-state index in [1.807, 2.05) is 13.0 Å². The quantitative estimate of drug-likeness (QED) is 0.680. The van der Waals surface area contributed by atoms with Gasteiger partial charge in [0.05, 0.1) is 12.2 Å². The van der Waals surface area contributed by atoms with E-state index in [4.69, 9.17) is 4.74 Å². The predicted molar refractivity (Wildman–Crippen MR) is 75.9 cm³/mol. The van der Waals surface area contributed by atoms with Crippen LogP contribution in [0.2, 0.25) is 0 Å². The van der Waals surface area contributed by atoms with Gasteiger partial charge in [0, 0.05) is 7.05 Å². The lowest BCUT2D eigenvalue weighted by Gasteiger charge is -2.33. The summed E-state index contributed by atoms with van der Waals surface area (Å²) >= 11 is 0. The zero-order chi connectivity index (χ0) is 15.6. The van der Waals surface area contributed by atoms with Crippen molar-refractivity contribution in [3.05, 3.63) is 23.8 Å². The second-order valence-corrected chi connectivity index (χ2v) is 4.94. The highest BCUT2D eigenvalue weighted by Gasteiger charge is 2.47. The van der Waals surface area contributed by atoms with Crippen molar-refractivity contribution in [3.8, 4) is 5.75 Å². The number of aryl methyl sites for hydroxylation is 1. The maximum absolute atomic E-state index is 12.2. The fourth-order valence-corrected chi connectivity index (χ4v) is 1.91. The molecule has 7 heteroatoms. The largest absolute Gasteiger partial charge is 0.466 e. The summed E-state index contributed by atoms with van der Waals surface area (Å²) in [5.41, 5.74) is -0.224. The van der Waals surface area contributed by atoms with Gasteiger partial charge in [0.25, 0.3) is 17.4 Å². The molecule has 7 nitrogen and oxygen atoms in total. The molecule has 1 aliphatic rings. The Morgan fingerprint density at radius 1 is 1.38 bits per heavy atom. The molecule has 112 valence electrons. The summed E-state index contributed by atoms with van der Waals surface area (Å²) in [5, 5.41) is 7.40. The van der Waals surface area contributed by atoms with Crippen LogP contribution in [0.3, 0.4) is 0 Å². The highest BCUT2D eigenvalue weighted by atomic mass is 16.5. The number of likely N-dealkylation sites (N-methyl/N-ethyl adjacent to an activating group) is 1. The second-order valence-electron chi connectivity index (χ2n) is 4.94. The molecular formula is C14H17N3O4. The maximum Gasteiger partial charge on any atom is 0.278 e. The van der Waals surface area contributed by atoms with Crippen molar-refractivity contribution in [1.29, 1.82) is 0 Å². The number of fused-ring (bicyclic) bond motifs is 1. The van der Waals surface area contributed by atoms with E-state index in [0.29, 0.717) is 11.4 Å². The zero-order valence-electron chi connectivity index (χ0n) is 12.1. The minimum absolute atomic E-state index is 0.220. The lowest BCUT2D eigenvalue weighted by Crippen LogP contribution is -2.59. The van der Waals surface area contributed by atoms with Crippen LogP contribution in [0.1, 0.15) is 12.5 Å². The van der Waals surface area contributed by atoms with E-state index in [1.165, 1.54) is 14.0 Å². The minimum atomic E-state index is -1.71. The number of hydrogen-bond acceptors (Lipinski definition) is 4. The van der Waals surface area contributed by atoms with Crippen LogP contribution in [0.25, 0.3) is 0 Å². The standard InChI is InChI=1S/C14H17N3O4/c1-8-4-5-10-9(6-8)17-13(20)14(2,21-10)12(19)16-7-11(18)15-3/h4-6H,7H2,1-3H3,(H,15,18)(H,16,19)(H,17,20). The first-order valence-electron chi connectivity index (χ1n) is 6.47. The molecule has 0 fully saturated rings. The van der Waals surface area contributed by atoms with E-state index in [0.717, 1.165) is 5.56 Å². The molecule has 1 unspecified atom stereocenters. The molecule has 0 bridgehead atoms. The van der Waals surface area contributed by atoms with Gasteiger partial charge < -0.3 is 20.7 Å². The lowest BCUT2D eigenvalue weighted by molar-refractivity contribution is -0.147. The molecule has 0 aliphatic carbocycles. The van der Waals surface area contributed by atoms with Crippen LogP contribution >= 0.6 is 0 Å². The van der Waals surface area contributed by atoms with Crippen molar-refractivity contribution in [2.24, 2.45) is 0 Å². The first kappa shape index (κ1) is 14.8. The van der Waals surface area contributed by atoms with Gasteiger partial charge in [-0.2, -0.15) is 0 Å². The van der Waals surface area contributed by atoms with Gasteiger partial charge in [-0.15, -0.1) is 0 Å². The van der Waals surface area contributed by atoms with Gasteiger partial charge >= 0.3 is 0 Å². The third kappa shape index (κ3) is 2.81. The molecule has 0 saturated carbocycles. The normalized spacial score (nSPS) is 19.9. The average molecular weight is 291 g/mol. The van der Waals surface area contributed by atoms with Gasteiger partial charge in [-0.1, -0.05) is 6.07 Å². The molecule has 0 aromatic heterocycles. The molecule has 3 amide bonds. The molecule has 1 atom stereocenters. The number of rotatable bonds is 3. The minimum Gasteiger partial charge on any atom is -0.466 e. The summed E-state index contributed by atoms with van der Waals surface area (Å²) in [6.07, 6.45) is 0. The molecular weight excluding hydrogens is 274 g/mol. The lowest BCUT2D eigenvalue weighted by atomic mass is 10.0. The molecule has 2 rings (SSSR count). The van der Waals surface area contributed by atoms with Gasteiger partial charge in [0.15, 0.2) is 0 Å². The Bertz CT molecular complexity index is 614. The molecule has 1 heterocycles. The fourth-order valence-electron chi connectivity index (χ4n) is 1.91. The van der Waals surface area contributed by atoms with E-state index >= 15 is 0 Å². The molecule has 0 radical (unpaired) electrons. The molecule has 1 aliphatic heterocycles. The molecule has 21 heavy (non-hydrogen) atoms. The van der Waals surface area contributed by atoms with Gasteiger partial charge in [-0.05, 0) is 31.5 Å². The van der Waals surface area contributed by atoms with E-state index in [-0.39, 0.29) is 12.5 Å². The van der Waals surface area contributed by atoms with Crippen molar-refractivity contribution < 1.29 is 19.1 Å². The Morgan fingerprint density at radius 3 is 2.76 bits per heavy atom. The molecule has 0 spiro atoms. The van der Waals surface area contributed by atoms with Crippen molar-refractivity contribution in [3.63, 3.8) is 0 Å². The zero-order valence-corrected chi connectivity index (χ0v) is 12.1. The molecule has 1 aromatic carbocycles. The van der Waals surface area contributed by atoms with Crippen LogP contribution in [-0.4, -0.2) is 36.9 Å². The third-order valence-corrected chi connectivity index (χ3v) is 3.25. The molecule has 1 aromatic rings. The number of nitrogens with one attached hydrogen (secondary N) is 3. The van der Waals surface area contributed by atoms with Crippen LogP contribution < -0.4 is 20.7 Å². The summed E-state index contributed by atoms with van der Waals surface area (Å²) < 4.78 is 5.56. The van der Waals surface area contributed by atoms with Crippen LogP contribution in [0.15, 0.2) is 18.2 Å². The SMILES string of the molecule is CNC(=O)CNC(=O)C1(C)Oc2ccc(C)cc2NC1=O. The number of carbonyl (C=O) groups is 3. The van der Waals surface area contributed by atoms with Crippen molar-refractivity contribution >= 4 is 23.4 Å². The fraction of sp³-hybridized carbons (Fsp3) is 0.357. The van der Waals surface area contributed by atoms with E-state index in [1.54, 1.807) is 12.1 Å². The van der Waals surface area contributed by atoms with Crippen molar-refractivity contribution in [1.82, 2.24) is 10.6 Å². The number of hydrogen-bond donors (Lipinski definition) is 3. The number of carbonyl (C=O) groups excluding carboxylic acids is 3. The Kier molecular flexibility index (Phi) is 3.84.